The standard InChI is InChI=1S/C17H16ClNO2/c18-13-7-1-10(2-8-13)9-19-16(20)14-11-3-4-12(6-5-11)15(14)17(19)21/h1-4,7-8,11-12,14-15H,5-6,9H2/t11-,12-,14-,15-/m1/s1. The number of carbonyl (C=O) groups excluding carboxylic acids is 2. The van der Waals surface area contributed by atoms with Crippen LogP contribution in [0.25, 0.3) is 0 Å². The summed E-state index contributed by atoms with van der Waals surface area (Å²) < 4.78 is 0. The molecule has 2 amide bonds. The Morgan fingerprint density at radius 1 is 0.952 bits per heavy atom. The number of hydrogen-bond donors (Lipinski definition) is 0. The highest BCUT2D eigenvalue weighted by atomic mass is 35.5. The lowest BCUT2D eigenvalue weighted by Crippen LogP contribution is -2.38. The zero-order valence-electron chi connectivity index (χ0n) is 11.5. The number of amides is 2. The van der Waals surface area contributed by atoms with Crippen molar-refractivity contribution in [2.24, 2.45) is 23.7 Å². The van der Waals surface area contributed by atoms with Crippen molar-refractivity contribution in [1.82, 2.24) is 4.90 Å². The summed E-state index contributed by atoms with van der Waals surface area (Å²) in [5.74, 6) is 0.304. The maximum atomic E-state index is 12.7. The number of hydrogen-bond acceptors (Lipinski definition) is 2. The zero-order valence-corrected chi connectivity index (χ0v) is 12.3. The minimum Gasteiger partial charge on any atom is -0.278 e. The Morgan fingerprint density at radius 3 is 1.95 bits per heavy atom. The summed E-state index contributed by atoms with van der Waals surface area (Å²) in [5.41, 5.74) is 0.944. The van der Waals surface area contributed by atoms with Crippen LogP contribution in [0.15, 0.2) is 36.4 Å². The molecule has 2 bridgehead atoms. The summed E-state index contributed by atoms with van der Waals surface area (Å²) in [7, 11) is 0. The van der Waals surface area contributed by atoms with E-state index in [0.717, 1.165) is 18.4 Å². The van der Waals surface area contributed by atoms with Gasteiger partial charge in [-0.1, -0.05) is 35.9 Å². The number of benzene rings is 1. The SMILES string of the molecule is O=C1[C@H]2[C@H](C(=O)N1Cc1ccc(Cl)cc1)[C@@H]1C=C[C@@H]2CC1. The summed E-state index contributed by atoms with van der Waals surface area (Å²) in [6.07, 6.45) is 6.37. The van der Waals surface area contributed by atoms with E-state index in [0.29, 0.717) is 11.6 Å². The molecule has 0 spiro atoms. The van der Waals surface area contributed by atoms with Gasteiger partial charge in [0.15, 0.2) is 0 Å². The van der Waals surface area contributed by atoms with Crippen LogP contribution < -0.4 is 0 Å². The number of imide groups is 1. The van der Waals surface area contributed by atoms with Crippen LogP contribution in [-0.2, 0) is 16.1 Å². The molecule has 4 aliphatic rings. The Labute approximate surface area is 128 Å². The fraction of sp³-hybridized carbons (Fsp3) is 0.412. The normalized spacial score (nSPS) is 33.7. The van der Waals surface area contributed by atoms with E-state index < -0.39 is 0 Å². The molecule has 1 aromatic carbocycles. The number of carbonyl (C=O) groups is 2. The van der Waals surface area contributed by atoms with Crippen LogP contribution in [0.3, 0.4) is 0 Å². The summed E-state index contributed by atoms with van der Waals surface area (Å²) >= 11 is 5.88. The van der Waals surface area contributed by atoms with Crippen LogP contribution in [0.1, 0.15) is 18.4 Å². The Bertz CT molecular complexity index is 605. The van der Waals surface area contributed by atoms with Crippen LogP contribution in [0.5, 0.6) is 0 Å². The number of likely N-dealkylation sites (tertiary alicyclic amines) is 1. The average Bonchev–Trinajstić information content (AvgIpc) is 2.78. The molecule has 4 atom stereocenters. The minimum atomic E-state index is -0.117. The molecular weight excluding hydrogens is 286 g/mol. The van der Waals surface area contributed by atoms with Crippen molar-refractivity contribution in [1.29, 1.82) is 0 Å². The highest BCUT2D eigenvalue weighted by molar-refractivity contribution is 6.30. The van der Waals surface area contributed by atoms with Crippen LogP contribution in [-0.4, -0.2) is 16.7 Å². The Balaban J connectivity index is 1.61. The van der Waals surface area contributed by atoms with Gasteiger partial charge in [-0.25, -0.2) is 0 Å². The molecule has 2 fully saturated rings. The summed E-state index contributed by atoms with van der Waals surface area (Å²) in [6, 6.07) is 7.33. The molecule has 1 saturated heterocycles. The first-order valence-electron chi connectivity index (χ1n) is 7.43. The fourth-order valence-corrected chi connectivity index (χ4v) is 4.19. The summed E-state index contributed by atoms with van der Waals surface area (Å²) in [4.78, 5) is 26.8. The van der Waals surface area contributed by atoms with Crippen molar-refractivity contribution in [2.75, 3.05) is 0 Å². The van der Waals surface area contributed by atoms with Crippen molar-refractivity contribution in [3.63, 3.8) is 0 Å². The summed E-state index contributed by atoms with van der Waals surface area (Å²) in [5, 5.41) is 0.661. The van der Waals surface area contributed by atoms with Crippen LogP contribution in [0.4, 0.5) is 0 Å². The number of allylic oxidation sites excluding steroid dienone is 2. The Morgan fingerprint density at radius 2 is 1.48 bits per heavy atom. The molecule has 0 N–H and O–H groups in total. The highest BCUT2D eigenvalue weighted by Gasteiger charge is 2.56. The number of halogens is 1. The topological polar surface area (TPSA) is 37.4 Å². The predicted molar refractivity (Wildman–Crippen MR) is 79.3 cm³/mol. The third kappa shape index (κ3) is 1.95. The van der Waals surface area contributed by atoms with Gasteiger partial charge in [-0.2, -0.15) is 0 Å². The number of nitrogens with zero attached hydrogens (tertiary/aromatic N) is 1. The monoisotopic (exact) mass is 301 g/mol. The molecular formula is C17H16ClNO2. The van der Waals surface area contributed by atoms with E-state index in [4.69, 9.17) is 11.6 Å². The minimum absolute atomic E-state index is 0.0130. The molecule has 3 aliphatic carbocycles. The Kier molecular flexibility index (Phi) is 2.93. The second kappa shape index (κ2) is 4.70. The molecule has 0 radical (unpaired) electrons. The summed E-state index contributed by atoms with van der Waals surface area (Å²) in [6.45, 7) is 0.362. The molecule has 3 nitrogen and oxygen atoms in total. The highest BCUT2D eigenvalue weighted by Crippen LogP contribution is 2.49. The average molecular weight is 302 g/mol. The van der Waals surface area contributed by atoms with Gasteiger partial charge in [0.05, 0.1) is 18.4 Å². The smallest absolute Gasteiger partial charge is 0.234 e. The van der Waals surface area contributed by atoms with Gasteiger partial charge in [0.2, 0.25) is 11.8 Å². The lowest BCUT2D eigenvalue weighted by molar-refractivity contribution is -0.140. The first-order valence-corrected chi connectivity index (χ1v) is 7.81. The van der Waals surface area contributed by atoms with Gasteiger partial charge in [-0.15, -0.1) is 0 Å². The largest absolute Gasteiger partial charge is 0.278 e. The van der Waals surface area contributed by atoms with E-state index in [9.17, 15) is 9.59 Å². The van der Waals surface area contributed by atoms with Crippen molar-refractivity contribution in [3.05, 3.63) is 47.0 Å². The van der Waals surface area contributed by atoms with Gasteiger partial charge >= 0.3 is 0 Å². The third-order valence-corrected chi connectivity index (χ3v) is 5.36. The number of rotatable bonds is 2. The van der Waals surface area contributed by atoms with E-state index >= 15 is 0 Å². The maximum absolute atomic E-state index is 12.7. The van der Waals surface area contributed by atoms with Crippen LogP contribution >= 0.6 is 11.6 Å². The van der Waals surface area contributed by atoms with E-state index in [1.54, 1.807) is 12.1 Å². The van der Waals surface area contributed by atoms with E-state index in [2.05, 4.69) is 12.2 Å². The molecule has 1 aliphatic heterocycles. The fourth-order valence-electron chi connectivity index (χ4n) is 4.06. The molecule has 1 heterocycles. The zero-order chi connectivity index (χ0) is 14.6. The second-order valence-electron chi connectivity index (χ2n) is 6.23. The van der Waals surface area contributed by atoms with Gasteiger partial charge < -0.3 is 0 Å². The molecule has 1 saturated carbocycles. The third-order valence-electron chi connectivity index (χ3n) is 5.10. The lowest BCUT2D eigenvalue weighted by atomic mass is 9.63. The lowest BCUT2D eigenvalue weighted by Gasteiger charge is -2.38. The van der Waals surface area contributed by atoms with Crippen LogP contribution in [0, 0.1) is 23.7 Å². The van der Waals surface area contributed by atoms with Crippen molar-refractivity contribution >= 4 is 23.4 Å². The molecule has 0 unspecified atom stereocenters. The first-order chi connectivity index (χ1) is 10.1. The molecule has 5 rings (SSSR count). The molecule has 1 aromatic rings. The number of fused-ring (bicyclic) bond motifs is 1. The Hall–Kier alpha value is -1.61. The van der Waals surface area contributed by atoms with E-state index in [-0.39, 0.29) is 35.5 Å². The maximum Gasteiger partial charge on any atom is 0.234 e. The van der Waals surface area contributed by atoms with Gasteiger partial charge in [0.1, 0.15) is 0 Å². The quantitative estimate of drug-likeness (QED) is 0.622. The van der Waals surface area contributed by atoms with Crippen molar-refractivity contribution in [2.45, 2.75) is 19.4 Å². The molecule has 0 aromatic heterocycles. The van der Waals surface area contributed by atoms with Crippen LogP contribution in [0.2, 0.25) is 5.02 Å². The predicted octanol–water partition coefficient (Wildman–Crippen LogP) is 3.04. The van der Waals surface area contributed by atoms with E-state index in [1.165, 1.54) is 4.90 Å². The van der Waals surface area contributed by atoms with Gasteiger partial charge in [0, 0.05) is 5.02 Å². The van der Waals surface area contributed by atoms with Gasteiger partial charge in [0.25, 0.3) is 0 Å². The van der Waals surface area contributed by atoms with E-state index in [1.807, 2.05) is 12.1 Å². The second-order valence-corrected chi connectivity index (χ2v) is 6.67. The van der Waals surface area contributed by atoms with Crippen molar-refractivity contribution < 1.29 is 9.59 Å². The molecule has 21 heavy (non-hydrogen) atoms. The molecule has 108 valence electrons. The van der Waals surface area contributed by atoms with Gasteiger partial charge in [-0.05, 0) is 42.4 Å². The first kappa shape index (κ1) is 13.1. The van der Waals surface area contributed by atoms with Crippen molar-refractivity contribution in [3.8, 4) is 0 Å². The molecule has 4 heteroatoms. The van der Waals surface area contributed by atoms with Gasteiger partial charge in [-0.3, -0.25) is 14.5 Å².